The van der Waals surface area contributed by atoms with E-state index in [1.165, 1.54) is 10.6 Å². The summed E-state index contributed by atoms with van der Waals surface area (Å²) in [4.78, 5) is 32.3. The Morgan fingerprint density at radius 2 is 1.86 bits per heavy atom. The Hall–Kier alpha value is -4.11. The van der Waals surface area contributed by atoms with E-state index in [1.807, 2.05) is 49.4 Å². The van der Waals surface area contributed by atoms with E-state index in [4.69, 9.17) is 10.2 Å². The molecule has 192 valence electrons. The second-order valence-electron chi connectivity index (χ2n) is 9.46. The van der Waals surface area contributed by atoms with Gasteiger partial charge in [0.15, 0.2) is 0 Å². The summed E-state index contributed by atoms with van der Waals surface area (Å²) in [6.45, 7) is 4.84. The van der Waals surface area contributed by atoms with E-state index in [-0.39, 0.29) is 28.8 Å². The molecule has 4 aromatic rings. The molecule has 37 heavy (non-hydrogen) atoms. The molecule has 1 aromatic carbocycles. The third-order valence-electron chi connectivity index (χ3n) is 6.22. The summed E-state index contributed by atoms with van der Waals surface area (Å²) in [6, 6.07) is 16.5. The number of pyridine rings is 2. The normalized spacial score (nSPS) is 12.8. The summed E-state index contributed by atoms with van der Waals surface area (Å²) < 4.78 is 7.34. The standard InChI is InChI=1S/C28H32N6O3/c1-4-5-14-34(19-21-12-9-13-30-18-21)26(36)22-15-23(33(3)24(35)16-22)25-31-32-27(37-25)28(2,29)17-20-10-7-6-8-11-20/h6-13,15-16,18H,4-5,14,17,19,29H2,1-3H3. The smallest absolute Gasteiger partial charge is 0.264 e. The van der Waals surface area contributed by atoms with E-state index in [0.29, 0.717) is 25.2 Å². The van der Waals surface area contributed by atoms with Crippen LogP contribution < -0.4 is 11.3 Å². The van der Waals surface area contributed by atoms with E-state index >= 15 is 0 Å². The number of nitrogens with two attached hydrogens (primary N) is 1. The monoisotopic (exact) mass is 500 g/mol. The highest BCUT2D eigenvalue weighted by molar-refractivity contribution is 5.95. The Morgan fingerprint density at radius 1 is 1.11 bits per heavy atom. The molecule has 0 aliphatic heterocycles. The Bertz CT molecular complexity index is 1400. The van der Waals surface area contributed by atoms with Gasteiger partial charge in [-0.15, -0.1) is 10.2 Å². The molecule has 9 nitrogen and oxygen atoms in total. The number of nitrogens with zero attached hydrogens (tertiary/aromatic N) is 5. The summed E-state index contributed by atoms with van der Waals surface area (Å²) in [5, 5.41) is 8.35. The lowest BCUT2D eigenvalue weighted by Gasteiger charge is -2.23. The number of hydrogen-bond donors (Lipinski definition) is 1. The quantitative estimate of drug-likeness (QED) is 0.353. The van der Waals surface area contributed by atoms with Gasteiger partial charge in [0.1, 0.15) is 5.69 Å². The number of benzene rings is 1. The third-order valence-corrected chi connectivity index (χ3v) is 6.22. The summed E-state index contributed by atoms with van der Waals surface area (Å²) in [7, 11) is 1.60. The van der Waals surface area contributed by atoms with E-state index in [1.54, 1.807) is 30.4 Å². The molecule has 0 saturated heterocycles. The zero-order valence-electron chi connectivity index (χ0n) is 21.4. The Morgan fingerprint density at radius 3 is 2.57 bits per heavy atom. The maximum Gasteiger partial charge on any atom is 0.264 e. The highest BCUT2D eigenvalue weighted by Crippen LogP contribution is 2.26. The SMILES string of the molecule is CCCCN(Cc1cccnc1)C(=O)c1cc(-c2nnc(C(C)(N)Cc3ccccc3)o2)n(C)c(=O)c1. The van der Waals surface area contributed by atoms with Crippen LogP contribution in [0.3, 0.4) is 0 Å². The summed E-state index contributed by atoms with van der Waals surface area (Å²) in [6.07, 6.45) is 5.70. The van der Waals surface area contributed by atoms with E-state index in [9.17, 15) is 9.59 Å². The predicted molar refractivity (Wildman–Crippen MR) is 141 cm³/mol. The number of carbonyl (C=O) groups excluding carboxylic acids is 1. The van der Waals surface area contributed by atoms with Gasteiger partial charge < -0.3 is 19.6 Å². The second kappa shape index (κ2) is 11.3. The highest BCUT2D eigenvalue weighted by Gasteiger charge is 2.29. The molecule has 3 heterocycles. The van der Waals surface area contributed by atoms with Crippen LogP contribution >= 0.6 is 0 Å². The molecule has 0 radical (unpaired) electrons. The van der Waals surface area contributed by atoms with Crippen molar-refractivity contribution < 1.29 is 9.21 Å². The Balaban J connectivity index is 1.64. The van der Waals surface area contributed by atoms with E-state index in [0.717, 1.165) is 24.0 Å². The number of amides is 1. The lowest BCUT2D eigenvalue weighted by atomic mass is 9.94. The fraction of sp³-hybridized carbons (Fsp3) is 0.321. The van der Waals surface area contributed by atoms with Crippen LogP contribution in [-0.4, -0.2) is 37.1 Å². The Kier molecular flexibility index (Phi) is 7.93. The van der Waals surface area contributed by atoms with Crippen LogP contribution in [0.25, 0.3) is 11.6 Å². The number of unbranched alkanes of at least 4 members (excludes halogenated alkanes) is 1. The molecule has 0 aliphatic carbocycles. The molecule has 4 rings (SSSR count). The summed E-state index contributed by atoms with van der Waals surface area (Å²) in [5.41, 5.74) is 7.83. The lowest BCUT2D eigenvalue weighted by molar-refractivity contribution is 0.0740. The largest absolute Gasteiger partial charge is 0.417 e. The Labute approximate surface area is 216 Å². The van der Waals surface area contributed by atoms with Gasteiger partial charge in [0.05, 0.1) is 5.54 Å². The van der Waals surface area contributed by atoms with Gasteiger partial charge in [0.2, 0.25) is 5.89 Å². The van der Waals surface area contributed by atoms with Crippen LogP contribution in [0.4, 0.5) is 0 Å². The van der Waals surface area contributed by atoms with Crippen LogP contribution in [0.2, 0.25) is 0 Å². The van der Waals surface area contributed by atoms with E-state index in [2.05, 4.69) is 22.1 Å². The summed E-state index contributed by atoms with van der Waals surface area (Å²) in [5.74, 6) is 0.127. The molecule has 0 bridgehead atoms. The number of aromatic nitrogens is 4. The van der Waals surface area contributed by atoms with Crippen molar-refractivity contribution >= 4 is 5.91 Å². The van der Waals surface area contributed by atoms with Crippen LogP contribution in [0.15, 0.2) is 76.2 Å². The van der Waals surface area contributed by atoms with Crippen LogP contribution in [0, 0.1) is 0 Å². The molecule has 1 unspecified atom stereocenters. The van der Waals surface area contributed by atoms with Gasteiger partial charge >= 0.3 is 0 Å². The molecule has 0 spiro atoms. The molecule has 1 atom stereocenters. The van der Waals surface area contributed by atoms with Crippen molar-refractivity contribution in [2.45, 2.75) is 45.2 Å². The van der Waals surface area contributed by atoms with Crippen molar-refractivity contribution in [1.82, 2.24) is 24.6 Å². The highest BCUT2D eigenvalue weighted by atomic mass is 16.4. The van der Waals surface area contributed by atoms with Crippen LogP contribution in [0.1, 0.15) is 54.1 Å². The van der Waals surface area contributed by atoms with Crippen molar-refractivity contribution in [3.8, 4) is 11.6 Å². The molecule has 3 aromatic heterocycles. The first kappa shape index (κ1) is 26.0. The molecule has 9 heteroatoms. The molecule has 1 amide bonds. The van der Waals surface area contributed by atoms with Crippen molar-refractivity contribution in [3.05, 3.63) is 99.9 Å². The third kappa shape index (κ3) is 6.18. The van der Waals surface area contributed by atoms with Crippen molar-refractivity contribution in [1.29, 1.82) is 0 Å². The maximum absolute atomic E-state index is 13.5. The minimum absolute atomic E-state index is 0.126. The van der Waals surface area contributed by atoms with Gasteiger partial charge in [-0.2, -0.15) is 0 Å². The van der Waals surface area contributed by atoms with Gasteiger partial charge in [-0.1, -0.05) is 49.7 Å². The molecular formula is C28H32N6O3. The van der Waals surface area contributed by atoms with Gasteiger partial charge in [0.25, 0.3) is 17.4 Å². The minimum Gasteiger partial charge on any atom is -0.417 e. The fourth-order valence-corrected chi connectivity index (χ4v) is 4.11. The predicted octanol–water partition coefficient (Wildman–Crippen LogP) is 3.69. The van der Waals surface area contributed by atoms with Crippen molar-refractivity contribution in [2.75, 3.05) is 6.54 Å². The fourth-order valence-electron chi connectivity index (χ4n) is 4.11. The first-order valence-corrected chi connectivity index (χ1v) is 12.3. The average molecular weight is 501 g/mol. The molecule has 0 saturated carbocycles. The molecule has 0 aliphatic rings. The lowest BCUT2D eigenvalue weighted by Crippen LogP contribution is -2.35. The molecule has 0 fully saturated rings. The zero-order chi connectivity index (χ0) is 26.4. The first-order valence-electron chi connectivity index (χ1n) is 12.3. The number of hydrogen-bond acceptors (Lipinski definition) is 7. The van der Waals surface area contributed by atoms with Crippen LogP contribution in [-0.2, 0) is 25.6 Å². The zero-order valence-corrected chi connectivity index (χ0v) is 21.4. The topological polar surface area (TPSA) is 120 Å². The molecular weight excluding hydrogens is 468 g/mol. The van der Waals surface area contributed by atoms with Crippen LogP contribution in [0.5, 0.6) is 0 Å². The van der Waals surface area contributed by atoms with E-state index < -0.39 is 5.54 Å². The van der Waals surface area contributed by atoms with Crippen molar-refractivity contribution in [2.24, 2.45) is 12.8 Å². The summed E-state index contributed by atoms with van der Waals surface area (Å²) >= 11 is 0. The van der Waals surface area contributed by atoms with Gasteiger partial charge in [0, 0.05) is 44.2 Å². The number of carbonyl (C=O) groups is 1. The van der Waals surface area contributed by atoms with Gasteiger partial charge in [-0.25, -0.2) is 0 Å². The minimum atomic E-state index is -0.917. The van der Waals surface area contributed by atoms with Gasteiger partial charge in [-0.05, 0) is 43.0 Å². The first-order chi connectivity index (χ1) is 17.8. The number of rotatable bonds is 10. The average Bonchev–Trinajstić information content (AvgIpc) is 3.40. The van der Waals surface area contributed by atoms with Gasteiger partial charge in [-0.3, -0.25) is 14.6 Å². The van der Waals surface area contributed by atoms with Crippen molar-refractivity contribution in [3.63, 3.8) is 0 Å². The maximum atomic E-state index is 13.5. The second-order valence-corrected chi connectivity index (χ2v) is 9.46. The molecule has 2 N–H and O–H groups in total.